The van der Waals surface area contributed by atoms with Crippen LogP contribution in [0.2, 0.25) is 0 Å². The Morgan fingerprint density at radius 1 is 1.00 bits per heavy atom. The van der Waals surface area contributed by atoms with Gasteiger partial charge in [0.05, 0.1) is 18.2 Å². The van der Waals surface area contributed by atoms with Crippen molar-refractivity contribution in [1.82, 2.24) is 9.63 Å². The molecule has 1 spiro atoms. The van der Waals surface area contributed by atoms with Crippen LogP contribution in [-0.2, 0) is 44.0 Å². The maximum Gasteiger partial charge on any atom is 0.251 e. The Bertz CT molecular complexity index is 1280. The van der Waals surface area contributed by atoms with Crippen LogP contribution in [0.25, 0.3) is 16.4 Å². The molecule has 8 heteroatoms. The van der Waals surface area contributed by atoms with E-state index < -0.39 is 0 Å². The van der Waals surface area contributed by atoms with Crippen LogP contribution in [0.3, 0.4) is 0 Å². The Kier molecular flexibility index (Phi) is 11.5. The number of benzene rings is 2. The zero-order chi connectivity index (χ0) is 28.0. The van der Waals surface area contributed by atoms with E-state index in [1.807, 2.05) is 84.6 Å². The molecule has 3 N–H and O–H groups in total. The van der Waals surface area contributed by atoms with E-state index in [0.717, 1.165) is 61.9 Å². The number of ether oxygens (including phenoxy) is 1. The number of hydrogen-bond acceptors (Lipinski definition) is 5. The second kappa shape index (κ2) is 14.7. The second-order valence-electron chi connectivity index (χ2n) is 11.7. The number of nitrogens with zero attached hydrogens (tertiary/aromatic N) is 3. The van der Waals surface area contributed by atoms with E-state index in [2.05, 4.69) is 0 Å². The van der Waals surface area contributed by atoms with E-state index in [9.17, 15) is 10.0 Å². The smallest absolute Gasteiger partial charge is 0.251 e. The first-order chi connectivity index (χ1) is 19.5. The third-order valence-electron chi connectivity index (χ3n) is 9.33. The summed E-state index contributed by atoms with van der Waals surface area (Å²) in [5.74, 6) is 0. The SMILES string of the molecule is COC1(Cn2ccc(-c3ccccc3)cc2=O)CC[N-]CC12CCCC2.NC1CCN(O)C(c2ccccc2)C1.[Y]. The average Bonchev–Trinajstić information content (AvgIpc) is 3.47. The number of rotatable bonds is 5. The van der Waals surface area contributed by atoms with E-state index >= 15 is 0 Å². The second-order valence-corrected chi connectivity index (χ2v) is 11.7. The van der Waals surface area contributed by atoms with Crippen LogP contribution in [0.15, 0.2) is 83.8 Å². The third kappa shape index (κ3) is 7.27. The summed E-state index contributed by atoms with van der Waals surface area (Å²) < 4.78 is 8.01. The van der Waals surface area contributed by atoms with Crippen molar-refractivity contribution in [2.45, 2.75) is 69.2 Å². The first-order valence-corrected chi connectivity index (χ1v) is 14.7. The molecule has 3 unspecified atom stereocenters. The van der Waals surface area contributed by atoms with Gasteiger partial charge in [0.2, 0.25) is 0 Å². The third-order valence-corrected chi connectivity index (χ3v) is 9.33. The summed E-state index contributed by atoms with van der Waals surface area (Å²) in [5.41, 5.74) is 8.91. The zero-order valence-corrected chi connectivity index (χ0v) is 27.0. The maximum atomic E-state index is 12.8. The van der Waals surface area contributed by atoms with Crippen molar-refractivity contribution in [3.63, 3.8) is 0 Å². The molecule has 2 aliphatic heterocycles. The van der Waals surface area contributed by atoms with Crippen molar-refractivity contribution in [3.05, 3.63) is 100 Å². The topological polar surface area (TPSA) is 94.8 Å². The quantitative estimate of drug-likeness (QED) is 0.372. The molecule has 3 fully saturated rings. The summed E-state index contributed by atoms with van der Waals surface area (Å²) in [6.07, 6.45) is 9.32. The van der Waals surface area contributed by atoms with E-state index in [-0.39, 0.29) is 61.4 Å². The first kappa shape index (κ1) is 32.2. The number of nitrogens with two attached hydrogens (primary N) is 1. The molecule has 0 amide bonds. The Hall–Kier alpha value is -1.71. The predicted octanol–water partition coefficient (Wildman–Crippen LogP) is 5.78. The summed E-state index contributed by atoms with van der Waals surface area (Å²) in [5, 5.41) is 15.8. The van der Waals surface area contributed by atoms with Crippen molar-refractivity contribution in [2.75, 3.05) is 26.7 Å². The molecule has 3 heterocycles. The van der Waals surface area contributed by atoms with Gasteiger partial charge in [-0.05, 0) is 60.3 Å². The fourth-order valence-corrected chi connectivity index (χ4v) is 6.94. The van der Waals surface area contributed by atoms with E-state index in [1.54, 1.807) is 6.07 Å². The van der Waals surface area contributed by atoms with Crippen LogP contribution in [0, 0.1) is 5.41 Å². The first-order valence-electron chi connectivity index (χ1n) is 14.7. The molecule has 3 aromatic rings. The molecule has 7 nitrogen and oxygen atoms in total. The summed E-state index contributed by atoms with van der Waals surface area (Å²) in [6, 6.07) is 24.1. The minimum absolute atomic E-state index is 0. The van der Waals surface area contributed by atoms with Gasteiger partial charge in [-0.1, -0.05) is 73.5 Å². The van der Waals surface area contributed by atoms with Crippen molar-refractivity contribution in [1.29, 1.82) is 0 Å². The summed E-state index contributed by atoms with van der Waals surface area (Å²) >= 11 is 0. The van der Waals surface area contributed by atoms with Gasteiger partial charge in [-0.15, -0.1) is 13.1 Å². The molecule has 1 aliphatic carbocycles. The van der Waals surface area contributed by atoms with Crippen molar-refractivity contribution in [2.24, 2.45) is 11.1 Å². The molecule has 0 bridgehead atoms. The van der Waals surface area contributed by atoms with E-state index in [4.69, 9.17) is 15.8 Å². The Morgan fingerprint density at radius 2 is 1.68 bits per heavy atom. The number of methoxy groups -OCH3 is 1. The summed E-state index contributed by atoms with van der Waals surface area (Å²) in [7, 11) is 1.81. The van der Waals surface area contributed by atoms with Crippen LogP contribution < -0.4 is 11.3 Å². The monoisotopic (exact) mass is 632 g/mol. The molecular formula is C33H43N4O3Y-. The van der Waals surface area contributed by atoms with Crippen LogP contribution in [0.1, 0.15) is 56.6 Å². The van der Waals surface area contributed by atoms with E-state index in [1.165, 1.54) is 17.9 Å². The largest absolute Gasteiger partial charge is 0.662 e. The van der Waals surface area contributed by atoms with E-state index in [0.29, 0.717) is 13.1 Å². The minimum atomic E-state index is -0.288. The Morgan fingerprint density at radius 3 is 2.34 bits per heavy atom. The average molecular weight is 633 g/mol. The zero-order valence-electron chi connectivity index (χ0n) is 24.2. The number of hydroxylamine groups is 2. The molecule has 1 aromatic heterocycles. The van der Waals surface area contributed by atoms with Gasteiger partial charge in [0.25, 0.3) is 5.56 Å². The number of hydrogen-bond donors (Lipinski definition) is 2. The van der Waals surface area contributed by atoms with Gasteiger partial charge in [-0.3, -0.25) is 4.79 Å². The molecule has 3 aliphatic rings. The number of piperidine rings is 2. The van der Waals surface area contributed by atoms with Gasteiger partial charge in [0, 0.05) is 64.7 Å². The number of aromatic nitrogens is 1. The van der Waals surface area contributed by atoms with Crippen molar-refractivity contribution in [3.8, 4) is 11.1 Å². The standard InChI is InChI=1S/C22H27N2O2.C11H16N2O.Y/c1-26-22(12-13-23-16-21(22)10-5-6-11-21)17-24-14-9-19(15-20(24)25)18-7-3-2-4-8-18;12-10-6-7-13(14)11(8-10)9-4-2-1-3-5-9;/h2-4,7-9,14-15H,5-6,10-13,16-17H2,1H3;1-5,10-11,14H,6-8,12H2;/q-1;;. The van der Waals surface area contributed by atoms with Crippen molar-refractivity contribution < 1.29 is 42.7 Å². The molecular weight excluding hydrogens is 589 g/mol. The van der Waals surface area contributed by atoms with Gasteiger partial charge in [0.15, 0.2) is 0 Å². The molecule has 2 aromatic carbocycles. The van der Waals surface area contributed by atoms with Crippen molar-refractivity contribution >= 4 is 0 Å². The van der Waals surface area contributed by atoms with Gasteiger partial charge >= 0.3 is 0 Å². The predicted molar refractivity (Wildman–Crippen MR) is 159 cm³/mol. The normalized spacial score (nSPS) is 25.6. The van der Waals surface area contributed by atoms with Crippen LogP contribution in [0.5, 0.6) is 0 Å². The molecule has 6 rings (SSSR count). The fraction of sp³-hybridized carbons (Fsp3) is 0.485. The van der Waals surface area contributed by atoms with Gasteiger partial charge in [0.1, 0.15) is 0 Å². The summed E-state index contributed by atoms with van der Waals surface area (Å²) in [6.45, 7) is 2.98. The fourth-order valence-electron chi connectivity index (χ4n) is 6.94. The van der Waals surface area contributed by atoms with Crippen LogP contribution in [-0.4, -0.2) is 53.2 Å². The molecule has 3 atom stereocenters. The minimum Gasteiger partial charge on any atom is -0.662 e. The molecule has 217 valence electrons. The summed E-state index contributed by atoms with van der Waals surface area (Å²) in [4.78, 5) is 12.8. The van der Waals surface area contributed by atoms with Crippen LogP contribution in [0.4, 0.5) is 0 Å². The molecule has 1 saturated carbocycles. The maximum absolute atomic E-state index is 12.8. The van der Waals surface area contributed by atoms with Gasteiger partial charge in [-0.2, -0.15) is 5.06 Å². The van der Waals surface area contributed by atoms with Crippen LogP contribution >= 0.6 is 0 Å². The Balaban J connectivity index is 0.000000219. The number of pyridine rings is 1. The molecule has 1 radical (unpaired) electrons. The van der Waals surface area contributed by atoms with Gasteiger partial charge < -0.3 is 25.6 Å². The molecule has 41 heavy (non-hydrogen) atoms. The Labute approximate surface area is 269 Å². The molecule has 2 saturated heterocycles. The van der Waals surface area contributed by atoms with Gasteiger partial charge in [-0.25, -0.2) is 0 Å².